The van der Waals surface area contributed by atoms with Crippen molar-refractivity contribution in [2.24, 2.45) is 0 Å². The molecule has 39 heavy (non-hydrogen) atoms. The second kappa shape index (κ2) is 12.1. The summed E-state index contributed by atoms with van der Waals surface area (Å²) in [7, 11) is 0. The number of H-pyrrole nitrogens is 1. The summed E-state index contributed by atoms with van der Waals surface area (Å²) in [6.07, 6.45) is -3.96. The van der Waals surface area contributed by atoms with Gasteiger partial charge in [-0.15, -0.1) is 0 Å². The van der Waals surface area contributed by atoms with Crippen LogP contribution < -0.4 is 16.2 Å². The van der Waals surface area contributed by atoms with Crippen molar-refractivity contribution in [3.8, 4) is 5.75 Å². The Bertz CT molecular complexity index is 1370. The fourth-order valence-corrected chi connectivity index (χ4v) is 4.78. The molecule has 5 N–H and O–H groups in total. The van der Waals surface area contributed by atoms with E-state index < -0.39 is 23.7 Å². The standard InChI is InChI=1S/C27H30F4N4O4/c28-25-16(2-1-3-20(25)27(29,30)31)14-33-23(38)10-13-35-11-8-17(9-12-35)32-15-22(37)18-4-6-21(36)26-19(18)5-7-24(39)34-26/h1-7,17,22,32,36-37H,8-15H2,(H,33,38)(H,34,39). The van der Waals surface area contributed by atoms with E-state index in [1.807, 2.05) is 0 Å². The van der Waals surface area contributed by atoms with Gasteiger partial charge in [-0.2, -0.15) is 13.2 Å². The number of hydrogen-bond donors (Lipinski definition) is 5. The number of nitrogens with zero attached hydrogens (tertiary/aromatic N) is 1. The molecule has 4 rings (SSSR count). The summed E-state index contributed by atoms with van der Waals surface area (Å²) in [5.74, 6) is -1.83. The molecule has 1 saturated heterocycles. The molecule has 1 aliphatic heterocycles. The topological polar surface area (TPSA) is 118 Å². The number of pyridine rings is 1. The number of carbonyl (C=O) groups is 1. The smallest absolute Gasteiger partial charge is 0.419 e. The predicted octanol–water partition coefficient (Wildman–Crippen LogP) is 3.19. The number of aromatic nitrogens is 1. The van der Waals surface area contributed by atoms with E-state index >= 15 is 0 Å². The van der Waals surface area contributed by atoms with E-state index in [2.05, 4.69) is 20.5 Å². The van der Waals surface area contributed by atoms with Gasteiger partial charge in [0.2, 0.25) is 11.5 Å². The number of alkyl halides is 3. The van der Waals surface area contributed by atoms with Gasteiger partial charge in [0.15, 0.2) is 0 Å². The van der Waals surface area contributed by atoms with Gasteiger partial charge in [-0.05, 0) is 49.7 Å². The largest absolute Gasteiger partial charge is 0.506 e. The number of piperidine rings is 1. The number of halogens is 4. The third kappa shape index (κ3) is 7.14. The van der Waals surface area contributed by atoms with Gasteiger partial charge in [-0.1, -0.05) is 18.2 Å². The molecule has 1 amide bonds. The van der Waals surface area contributed by atoms with Crippen LogP contribution >= 0.6 is 0 Å². The number of likely N-dealkylation sites (tertiary alicyclic amines) is 1. The Hall–Kier alpha value is -3.48. The van der Waals surface area contributed by atoms with Crippen LogP contribution in [0.3, 0.4) is 0 Å². The minimum absolute atomic E-state index is 0.0736. The lowest BCUT2D eigenvalue weighted by atomic mass is 10.0. The van der Waals surface area contributed by atoms with Crippen LogP contribution in [0.5, 0.6) is 5.75 Å². The van der Waals surface area contributed by atoms with Gasteiger partial charge < -0.3 is 30.7 Å². The molecule has 0 bridgehead atoms. The quantitative estimate of drug-likeness (QED) is 0.261. The molecule has 2 aromatic carbocycles. The first-order chi connectivity index (χ1) is 18.5. The maximum atomic E-state index is 14.1. The maximum absolute atomic E-state index is 14.1. The van der Waals surface area contributed by atoms with Crippen molar-refractivity contribution in [2.45, 2.75) is 44.1 Å². The molecule has 1 aromatic heterocycles. The molecular formula is C27H30F4N4O4. The van der Waals surface area contributed by atoms with E-state index in [1.165, 1.54) is 18.2 Å². The van der Waals surface area contributed by atoms with Crippen LogP contribution in [0, 0.1) is 5.82 Å². The van der Waals surface area contributed by atoms with Crippen molar-refractivity contribution in [3.05, 3.63) is 75.3 Å². The third-order valence-corrected chi connectivity index (χ3v) is 6.97. The summed E-state index contributed by atoms with van der Waals surface area (Å²) in [5, 5.41) is 27.2. The summed E-state index contributed by atoms with van der Waals surface area (Å²) in [6.45, 7) is 1.84. The van der Waals surface area contributed by atoms with Gasteiger partial charge >= 0.3 is 6.18 Å². The number of hydrogen-bond acceptors (Lipinski definition) is 6. The summed E-state index contributed by atoms with van der Waals surface area (Å²) in [6, 6.07) is 9.10. The first-order valence-corrected chi connectivity index (χ1v) is 12.6. The van der Waals surface area contributed by atoms with E-state index in [9.17, 15) is 37.4 Å². The fourth-order valence-electron chi connectivity index (χ4n) is 4.78. The fraction of sp³-hybridized carbons (Fsp3) is 0.407. The molecule has 1 fully saturated rings. The highest BCUT2D eigenvalue weighted by molar-refractivity contribution is 5.87. The Morgan fingerprint density at radius 2 is 1.87 bits per heavy atom. The molecule has 0 saturated carbocycles. The zero-order valence-electron chi connectivity index (χ0n) is 21.0. The highest BCUT2D eigenvalue weighted by Gasteiger charge is 2.34. The molecular weight excluding hydrogens is 520 g/mol. The molecule has 12 heteroatoms. The SMILES string of the molecule is O=C(CCN1CCC(NCC(O)c2ccc(O)c3[nH]c(=O)ccc23)CC1)NCc1cccc(C(F)(F)F)c1F. The molecule has 210 valence electrons. The first-order valence-electron chi connectivity index (χ1n) is 12.6. The molecule has 0 aliphatic carbocycles. The van der Waals surface area contributed by atoms with Crippen molar-refractivity contribution in [1.82, 2.24) is 20.5 Å². The second-order valence-electron chi connectivity index (χ2n) is 9.63. The zero-order chi connectivity index (χ0) is 28.2. The summed E-state index contributed by atoms with van der Waals surface area (Å²) in [5.41, 5.74) is -1.07. The second-order valence-corrected chi connectivity index (χ2v) is 9.63. The number of amides is 1. The molecule has 1 atom stereocenters. The van der Waals surface area contributed by atoms with Gasteiger partial charge in [0.25, 0.3) is 0 Å². The number of fused-ring (bicyclic) bond motifs is 1. The highest BCUT2D eigenvalue weighted by atomic mass is 19.4. The number of aliphatic hydroxyl groups excluding tert-OH is 1. The molecule has 8 nitrogen and oxygen atoms in total. The average molecular weight is 551 g/mol. The van der Waals surface area contributed by atoms with Crippen LogP contribution in [0.4, 0.5) is 17.6 Å². The van der Waals surface area contributed by atoms with Gasteiger partial charge in [0.1, 0.15) is 11.6 Å². The molecule has 3 aromatic rings. The van der Waals surface area contributed by atoms with Crippen LogP contribution in [-0.4, -0.2) is 58.2 Å². The Kier molecular flexibility index (Phi) is 8.88. The molecule has 0 radical (unpaired) electrons. The zero-order valence-corrected chi connectivity index (χ0v) is 21.0. The molecule has 1 unspecified atom stereocenters. The predicted molar refractivity (Wildman–Crippen MR) is 137 cm³/mol. The van der Waals surface area contributed by atoms with Crippen LogP contribution in [-0.2, 0) is 17.5 Å². The minimum atomic E-state index is -4.80. The van der Waals surface area contributed by atoms with Crippen LogP contribution in [0.2, 0.25) is 0 Å². The number of rotatable bonds is 9. The number of aromatic amines is 1. The number of aromatic hydroxyl groups is 1. The van der Waals surface area contributed by atoms with Crippen molar-refractivity contribution in [1.29, 1.82) is 0 Å². The number of benzene rings is 2. The Morgan fingerprint density at radius 1 is 1.13 bits per heavy atom. The van der Waals surface area contributed by atoms with Crippen LogP contribution in [0.25, 0.3) is 10.9 Å². The van der Waals surface area contributed by atoms with Crippen LogP contribution in [0.1, 0.15) is 42.1 Å². The lowest BCUT2D eigenvalue weighted by molar-refractivity contribution is -0.140. The van der Waals surface area contributed by atoms with Crippen molar-refractivity contribution >= 4 is 16.8 Å². The number of nitrogens with one attached hydrogen (secondary N) is 3. The lowest BCUT2D eigenvalue weighted by Crippen LogP contribution is -2.44. The summed E-state index contributed by atoms with van der Waals surface area (Å²) >= 11 is 0. The Morgan fingerprint density at radius 3 is 2.59 bits per heavy atom. The molecule has 0 spiro atoms. The van der Waals surface area contributed by atoms with E-state index in [0.717, 1.165) is 18.9 Å². The molecule has 2 heterocycles. The summed E-state index contributed by atoms with van der Waals surface area (Å²) in [4.78, 5) is 28.5. The number of aliphatic hydroxyl groups is 1. The van der Waals surface area contributed by atoms with Crippen molar-refractivity contribution in [3.63, 3.8) is 0 Å². The molecule has 1 aliphatic rings. The van der Waals surface area contributed by atoms with Gasteiger partial charge in [-0.25, -0.2) is 4.39 Å². The summed E-state index contributed by atoms with van der Waals surface area (Å²) < 4.78 is 52.7. The minimum Gasteiger partial charge on any atom is -0.506 e. The van der Waals surface area contributed by atoms with Gasteiger partial charge in [-0.3, -0.25) is 9.59 Å². The first kappa shape index (κ1) is 28.5. The van der Waals surface area contributed by atoms with Gasteiger partial charge in [0, 0.05) is 49.1 Å². The van der Waals surface area contributed by atoms with Crippen LogP contribution in [0.15, 0.2) is 47.3 Å². The number of carbonyl (C=O) groups excluding carboxylic acids is 1. The van der Waals surface area contributed by atoms with E-state index in [1.54, 1.807) is 12.1 Å². The highest BCUT2D eigenvalue weighted by Crippen LogP contribution is 2.32. The van der Waals surface area contributed by atoms with Crippen molar-refractivity contribution in [2.75, 3.05) is 26.2 Å². The van der Waals surface area contributed by atoms with E-state index in [0.29, 0.717) is 36.7 Å². The Labute approximate surface area is 221 Å². The number of phenolic OH excluding ortho intramolecular Hbond substituents is 1. The average Bonchev–Trinajstić information content (AvgIpc) is 2.90. The van der Waals surface area contributed by atoms with Crippen molar-refractivity contribution < 1.29 is 32.6 Å². The van der Waals surface area contributed by atoms with E-state index in [4.69, 9.17) is 0 Å². The third-order valence-electron chi connectivity index (χ3n) is 6.97. The maximum Gasteiger partial charge on any atom is 0.419 e. The number of phenols is 1. The lowest BCUT2D eigenvalue weighted by Gasteiger charge is -2.32. The normalized spacial score (nSPS) is 15.9. The van der Waals surface area contributed by atoms with Gasteiger partial charge in [0.05, 0.1) is 17.2 Å². The van der Waals surface area contributed by atoms with E-state index in [-0.39, 0.29) is 53.8 Å². The monoisotopic (exact) mass is 550 g/mol. The Balaban J connectivity index is 1.19.